The summed E-state index contributed by atoms with van der Waals surface area (Å²) in [6, 6.07) is 12.1. The minimum absolute atomic E-state index is 0.208. The molecule has 0 spiro atoms. The smallest absolute Gasteiger partial charge is 0.240 e. The second-order valence-electron chi connectivity index (χ2n) is 6.84. The monoisotopic (exact) mass is 438 g/mol. The first-order valence-electron chi connectivity index (χ1n) is 9.32. The van der Waals surface area contributed by atoms with Gasteiger partial charge in [0.25, 0.3) is 0 Å². The van der Waals surface area contributed by atoms with E-state index in [-0.39, 0.29) is 18.3 Å². The number of nitrogens with one attached hydrogen (secondary N) is 1. The van der Waals surface area contributed by atoms with Gasteiger partial charge in [-0.2, -0.15) is 11.8 Å². The van der Waals surface area contributed by atoms with E-state index < -0.39 is 10.0 Å². The Balaban J connectivity index is 1.82. The Bertz CT molecular complexity index is 949. The predicted octanol–water partition coefficient (Wildman–Crippen LogP) is 3.65. The van der Waals surface area contributed by atoms with Crippen LogP contribution in [0, 0.1) is 19.7 Å². The number of sulfonamides is 1. The van der Waals surface area contributed by atoms with Gasteiger partial charge in [-0.1, -0.05) is 30.3 Å². The third-order valence-corrected chi connectivity index (χ3v) is 6.75. The van der Waals surface area contributed by atoms with Crippen molar-refractivity contribution in [3.05, 3.63) is 65.0 Å². The lowest BCUT2D eigenvalue weighted by molar-refractivity contribution is -0.119. The van der Waals surface area contributed by atoms with E-state index >= 15 is 0 Å². The summed E-state index contributed by atoms with van der Waals surface area (Å²) in [6.07, 6.45) is 1.81. The number of thioether (sulfide) groups is 1. The molecule has 8 heteroatoms. The summed E-state index contributed by atoms with van der Waals surface area (Å²) in [6.45, 7) is 3.92. The largest absolute Gasteiger partial charge is 0.354 e. The average molecular weight is 439 g/mol. The van der Waals surface area contributed by atoms with Crippen LogP contribution in [0.3, 0.4) is 0 Å². The van der Waals surface area contributed by atoms with Crippen molar-refractivity contribution < 1.29 is 17.6 Å². The van der Waals surface area contributed by atoms with Crippen LogP contribution >= 0.6 is 11.8 Å². The summed E-state index contributed by atoms with van der Waals surface area (Å²) in [4.78, 5) is 12.3. The molecule has 2 aromatic carbocycles. The molecule has 2 rings (SSSR count). The number of carbonyl (C=O) groups excluding carboxylic acids is 1. The normalized spacial score (nSPS) is 11.3. The zero-order chi connectivity index (χ0) is 21.4. The summed E-state index contributed by atoms with van der Waals surface area (Å²) in [7, 11) is -3.59. The number of hydrogen-bond donors (Lipinski definition) is 1. The Kier molecular flexibility index (Phi) is 8.52. The maximum atomic E-state index is 13.6. The van der Waals surface area contributed by atoms with E-state index in [0.29, 0.717) is 30.0 Å². The van der Waals surface area contributed by atoms with Gasteiger partial charge >= 0.3 is 0 Å². The zero-order valence-electron chi connectivity index (χ0n) is 16.9. The molecule has 0 aliphatic heterocycles. The molecule has 0 heterocycles. The summed E-state index contributed by atoms with van der Waals surface area (Å²) in [5, 5.41) is 2.77. The lowest BCUT2D eigenvalue weighted by Gasteiger charge is -2.24. The highest BCUT2D eigenvalue weighted by Crippen LogP contribution is 2.24. The van der Waals surface area contributed by atoms with Crippen LogP contribution in [-0.4, -0.2) is 39.4 Å². The van der Waals surface area contributed by atoms with E-state index in [1.54, 1.807) is 36.0 Å². The summed E-state index contributed by atoms with van der Waals surface area (Å²) >= 11 is 1.59. The quantitative estimate of drug-likeness (QED) is 0.575. The topological polar surface area (TPSA) is 66.5 Å². The fourth-order valence-electron chi connectivity index (χ4n) is 2.77. The minimum atomic E-state index is -3.59. The number of rotatable bonds is 10. The Morgan fingerprint density at radius 3 is 2.55 bits per heavy atom. The van der Waals surface area contributed by atoms with Gasteiger partial charge in [0.2, 0.25) is 15.9 Å². The fourth-order valence-corrected chi connectivity index (χ4v) is 4.63. The second-order valence-corrected chi connectivity index (χ2v) is 9.85. The Morgan fingerprint density at radius 1 is 1.14 bits per heavy atom. The fraction of sp³-hybridized carbons (Fsp3) is 0.381. The third-order valence-electron chi connectivity index (χ3n) is 4.54. The maximum Gasteiger partial charge on any atom is 0.240 e. The summed E-state index contributed by atoms with van der Waals surface area (Å²) < 4.78 is 39.1. The number of nitrogens with zero attached hydrogens (tertiary/aromatic N) is 1. The number of benzene rings is 2. The molecule has 0 atom stereocenters. The first-order valence-corrected chi connectivity index (χ1v) is 12.3. The SMILES string of the molecule is Cc1cccc(N(CC(=O)NCCCSCc2ccccc2F)S(C)(=O)=O)c1C. The maximum absolute atomic E-state index is 13.6. The molecule has 158 valence electrons. The van der Waals surface area contributed by atoms with Crippen molar-refractivity contribution in [2.45, 2.75) is 26.0 Å². The third kappa shape index (κ3) is 7.04. The van der Waals surface area contributed by atoms with Crippen molar-refractivity contribution in [1.29, 1.82) is 0 Å². The molecule has 29 heavy (non-hydrogen) atoms. The van der Waals surface area contributed by atoms with Crippen molar-refractivity contribution in [2.75, 3.05) is 29.4 Å². The summed E-state index contributed by atoms with van der Waals surface area (Å²) in [5.41, 5.74) is 2.97. The van der Waals surface area contributed by atoms with Crippen LogP contribution in [0.15, 0.2) is 42.5 Å². The molecule has 0 saturated heterocycles. The van der Waals surface area contributed by atoms with Crippen LogP contribution in [-0.2, 0) is 20.6 Å². The van der Waals surface area contributed by atoms with Gasteiger partial charge in [-0.3, -0.25) is 9.10 Å². The van der Waals surface area contributed by atoms with E-state index in [2.05, 4.69) is 5.32 Å². The first kappa shape index (κ1) is 23.2. The molecule has 0 bridgehead atoms. The lowest BCUT2D eigenvalue weighted by Crippen LogP contribution is -2.41. The van der Waals surface area contributed by atoms with Gasteiger partial charge in [0.1, 0.15) is 12.4 Å². The van der Waals surface area contributed by atoms with Gasteiger partial charge in [-0.15, -0.1) is 0 Å². The molecular formula is C21H27FN2O3S2. The molecule has 5 nitrogen and oxygen atoms in total. The van der Waals surface area contributed by atoms with Crippen LogP contribution in [0.2, 0.25) is 0 Å². The first-order chi connectivity index (χ1) is 13.7. The van der Waals surface area contributed by atoms with Gasteiger partial charge < -0.3 is 5.32 Å². The van der Waals surface area contributed by atoms with Crippen molar-refractivity contribution in [3.63, 3.8) is 0 Å². The van der Waals surface area contributed by atoms with Crippen molar-refractivity contribution in [3.8, 4) is 0 Å². The molecule has 2 aromatic rings. The molecule has 0 unspecified atom stereocenters. The number of carbonyl (C=O) groups is 1. The second kappa shape index (κ2) is 10.6. The van der Waals surface area contributed by atoms with E-state index in [9.17, 15) is 17.6 Å². The van der Waals surface area contributed by atoms with E-state index in [0.717, 1.165) is 27.4 Å². The zero-order valence-corrected chi connectivity index (χ0v) is 18.6. The Hall–Kier alpha value is -2.06. The molecule has 1 amide bonds. The van der Waals surface area contributed by atoms with E-state index in [4.69, 9.17) is 0 Å². The van der Waals surface area contributed by atoms with Crippen LogP contribution < -0.4 is 9.62 Å². The number of amides is 1. The van der Waals surface area contributed by atoms with Crippen LogP contribution in [0.1, 0.15) is 23.1 Å². The number of halogens is 1. The highest BCUT2D eigenvalue weighted by Gasteiger charge is 2.22. The number of aryl methyl sites for hydroxylation is 1. The molecule has 0 aliphatic rings. The molecule has 0 radical (unpaired) electrons. The average Bonchev–Trinajstić information content (AvgIpc) is 2.65. The molecule has 0 aliphatic carbocycles. The highest BCUT2D eigenvalue weighted by molar-refractivity contribution is 7.98. The van der Waals surface area contributed by atoms with Crippen LogP contribution in [0.4, 0.5) is 10.1 Å². The van der Waals surface area contributed by atoms with Crippen molar-refractivity contribution in [2.24, 2.45) is 0 Å². The van der Waals surface area contributed by atoms with Crippen LogP contribution in [0.5, 0.6) is 0 Å². The van der Waals surface area contributed by atoms with Crippen molar-refractivity contribution in [1.82, 2.24) is 5.32 Å². The van der Waals surface area contributed by atoms with Gasteiger partial charge in [0.05, 0.1) is 11.9 Å². The van der Waals surface area contributed by atoms with Gasteiger partial charge in [0.15, 0.2) is 0 Å². The number of anilines is 1. The molecule has 1 N–H and O–H groups in total. The lowest BCUT2D eigenvalue weighted by atomic mass is 10.1. The van der Waals surface area contributed by atoms with Crippen molar-refractivity contribution >= 4 is 33.4 Å². The minimum Gasteiger partial charge on any atom is -0.354 e. The number of hydrogen-bond acceptors (Lipinski definition) is 4. The predicted molar refractivity (Wildman–Crippen MR) is 118 cm³/mol. The standard InChI is InChI=1S/C21H27FN2O3S2/c1-16-8-6-11-20(17(16)2)24(29(3,26)27)14-21(25)23-12-7-13-28-15-18-9-4-5-10-19(18)22/h4-6,8-11H,7,12-15H2,1-3H3,(H,23,25). The van der Waals surface area contributed by atoms with E-state index in [1.165, 1.54) is 6.07 Å². The molecule has 0 fully saturated rings. The molecule has 0 saturated carbocycles. The van der Waals surface area contributed by atoms with Gasteiger partial charge in [-0.25, -0.2) is 12.8 Å². The summed E-state index contributed by atoms with van der Waals surface area (Å²) in [5.74, 6) is 0.785. The highest BCUT2D eigenvalue weighted by atomic mass is 32.2. The van der Waals surface area contributed by atoms with Gasteiger partial charge in [0, 0.05) is 12.3 Å². The molecular weight excluding hydrogens is 411 g/mol. The Morgan fingerprint density at radius 2 is 1.86 bits per heavy atom. The van der Waals surface area contributed by atoms with Crippen LogP contribution in [0.25, 0.3) is 0 Å². The van der Waals surface area contributed by atoms with Gasteiger partial charge in [-0.05, 0) is 54.8 Å². The molecule has 0 aromatic heterocycles. The van der Waals surface area contributed by atoms with E-state index in [1.807, 2.05) is 26.0 Å². The Labute approximate surface area is 176 Å².